The Bertz CT molecular complexity index is 1260. The van der Waals surface area contributed by atoms with Crippen LogP contribution in [0.1, 0.15) is 36.0 Å². The molecule has 0 spiro atoms. The van der Waals surface area contributed by atoms with Gasteiger partial charge in [-0.05, 0) is 53.8 Å². The standard InChI is InChI=1S/C28H29Cl2N3O4/c29-21-13-14-25-23(16-21)28(26(35)33(25)31,22-11-4-5-12-24(22)30)20(17-34)10-6-7-15-32-27(36)37-18-19-8-2-1-3-9-19/h1-5,8-9,11-14,16,20,34H,6-7,10,15,17-18,31H2,(H,32,36). The lowest BCUT2D eigenvalue weighted by Gasteiger charge is -2.37. The maximum atomic E-state index is 13.8. The molecule has 1 aliphatic heterocycles. The number of nitrogens with one attached hydrogen (secondary N) is 1. The van der Waals surface area contributed by atoms with Crippen molar-refractivity contribution in [1.82, 2.24) is 5.32 Å². The summed E-state index contributed by atoms with van der Waals surface area (Å²) in [6.45, 7) is 0.312. The number of carbonyl (C=O) groups is 2. The Hall–Kier alpha value is -3.10. The van der Waals surface area contributed by atoms with Crippen molar-refractivity contribution in [3.63, 3.8) is 0 Å². The van der Waals surface area contributed by atoms with Crippen LogP contribution >= 0.6 is 23.2 Å². The summed E-state index contributed by atoms with van der Waals surface area (Å²) in [4.78, 5) is 25.9. The van der Waals surface area contributed by atoms with E-state index < -0.39 is 17.4 Å². The summed E-state index contributed by atoms with van der Waals surface area (Å²) in [7, 11) is 0. The van der Waals surface area contributed by atoms with Gasteiger partial charge in [-0.3, -0.25) is 4.79 Å². The summed E-state index contributed by atoms with van der Waals surface area (Å²) >= 11 is 13.0. The van der Waals surface area contributed by atoms with Crippen LogP contribution in [0, 0.1) is 5.92 Å². The zero-order valence-electron chi connectivity index (χ0n) is 20.2. The fraction of sp³-hybridized carbons (Fsp3) is 0.286. The van der Waals surface area contributed by atoms with Gasteiger partial charge in [-0.15, -0.1) is 0 Å². The van der Waals surface area contributed by atoms with Crippen molar-refractivity contribution in [3.05, 3.63) is 99.5 Å². The van der Waals surface area contributed by atoms with E-state index in [1.54, 1.807) is 42.5 Å². The lowest BCUT2D eigenvalue weighted by molar-refractivity contribution is -0.124. The summed E-state index contributed by atoms with van der Waals surface area (Å²) < 4.78 is 5.24. The van der Waals surface area contributed by atoms with Crippen LogP contribution in [-0.2, 0) is 21.6 Å². The highest BCUT2D eigenvalue weighted by Crippen LogP contribution is 2.53. The average molecular weight is 542 g/mol. The van der Waals surface area contributed by atoms with Crippen LogP contribution in [0.15, 0.2) is 72.8 Å². The number of fused-ring (bicyclic) bond motifs is 1. The number of benzene rings is 3. The van der Waals surface area contributed by atoms with Crippen LogP contribution in [0.4, 0.5) is 10.5 Å². The molecule has 0 saturated heterocycles. The van der Waals surface area contributed by atoms with Crippen LogP contribution in [0.5, 0.6) is 0 Å². The number of anilines is 1. The number of amides is 2. The number of nitrogens with two attached hydrogens (primary N) is 1. The summed E-state index contributed by atoms with van der Waals surface area (Å²) in [5, 5.41) is 15.3. The third-order valence-corrected chi connectivity index (χ3v) is 7.36. The Kier molecular flexibility index (Phi) is 8.71. The van der Waals surface area contributed by atoms with E-state index in [1.807, 2.05) is 30.3 Å². The van der Waals surface area contributed by atoms with E-state index >= 15 is 0 Å². The molecule has 0 saturated carbocycles. The van der Waals surface area contributed by atoms with Crippen LogP contribution in [0.2, 0.25) is 10.0 Å². The van der Waals surface area contributed by atoms with Gasteiger partial charge in [0, 0.05) is 29.1 Å². The molecule has 7 nitrogen and oxygen atoms in total. The first-order chi connectivity index (χ1) is 17.9. The number of hydrogen-bond acceptors (Lipinski definition) is 5. The third kappa shape index (κ3) is 5.45. The van der Waals surface area contributed by atoms with Crippen molar-refractivity contribution in [2.24, 2.45) is 11.8 Å². The molecule has 3 aromatic carbocycles. The van der Waals surface area contributed by atoms with Gasteiger partial charge in [0.2, 0.25) is 0 Å². The van der Waals surface area contributed by atoms with Gasteiger partial charge in [-0.1, -0.05) is 78.2 Å². The molecule has 0 fully saturated rings. The molecule has 2 amide bonds. The lowest BCUT2D eigenvalue weighted by atomic mass is 9.65. The second-order valence-corrected chi connectivity index (χ2v) is 9.83. The van der Waals surface area contributed by atoms with E-state index in [0.29, 0.717) is 52.7 Å². The molecule has 0 aromatic heterocycles. The summed E-state index contributed by atoms with van der Waals surface area (Å²) in [5.74, 6) is 5.32. The number of nitrogens with zero attached hydrogens (tertiary/aromatic N) is 1. The SMILES string of the molecule is NN1C(=O)C(c2ccccc2Cl)(C(CO)CCCCNC(=O)OCc2ccccc2)c2cc(Cl)ccc21. The molecule has 0 radical (unpaired) electrons. The summed E-state index contributed by atoms with van der Waals surface area (Å²) in [5.41, 5.74) is 1.31. The van der Waals surface area contributed by atoms with E-state index in [9.17, 15) is 14.7 Å². The fourth-order valence-corrected chi connectivity index (χ4v) is 5.49. The maximum absolute atomic E-state index is 13.8. The van der Waals surface area contributed by atoms with Gasteiger partial charge in [0.05, 0.1) is 5.69 Å². The van der Waals surface area contributed by atoms with E-state index in [4.69, 9.17) is 33.8 Å². The van der Waals surface area contributed by atoms with E-state index in [2.05, 4.69) is 5.32 Å². The van der Waals surface area contributed by atoms with Crippen LogP contribution < -0.4 is 16.2 Å². The predicted molar refractivity (Wildman–Crippen MR) is 144 cm³/mol. The monoisotopic (exact) mass is 541 g/mol. The predicted octanol–water partition coefficient (Wildman–Crippen LogP) is 5.21. The number of rotatable bonds is 10. The first-order valence-corrected chi connectivity index (χ1v) is 12.8. The van der Waals surface area contributed by atoms with E-state index in [1.165, 1.54) is 0 Å². The second kappa shape index (κ2) is 12.0. The largest absolute Gasteiger partial charge is 0.445 e. The van der Waals surface area contributed by atoms with E-state index in [0.717, 1.165) is 10.6 Å². The van der Waals surface area contributed by atoms with Gasteiger partial charge in [0.15, 0.2) is 0 Å². The summed E-state index contributed by atoms with van der Waals surface area (Å²) in [6, 6.07) is 21.6. The first-order valence-electron chi connectivity index (χ1n) is 12.1. The van der Waals surface area contributed by atoms with Crippen LogP contribution in [0.3, 0.4) is 0 Å². The van der Waals surface area contributed by atoms with Gasteiger partial charge in [-0.2, -0.15) is 0 Å². The van der Waals surface area contributed by atoms with Gasteiger partial charge < -0.3 is 15.2 Å². The number of hydrogen-bond donors (Lipinski definition) is 3. The molecule has 0 aliphatic carbocycles. The number of halogens is 2. The molecule has 37 heavy (non-hydrogen) atoms. The molecule has 194 valence electrons. The molecule has 2 atom stereocenters. The number of aliphatic hydroxyl groups is 1. The minimum absolute atomic E-state index is 0.194. The van der Waals surface area contributed by atoms with E-state index in [-0.39, 0.29) is 19.1 Å². The zero-order valence-corrected chi connectivity index (χ0v) is 21.7. The third-order valence-electron chi connectivity index (χ3n) is 6.79. The molecule has 1 aliphatic rings. The number of ether oxygens (including phenoxy) is 1. The number of carbonyl (C=O) groups excluding carboxylic acids is 2. The van der Waals surface area contributed by atoms with Crippen molar-refractivity contribution in [2.75, 3.05) is 18.2 Å². The van der Waals surface area contributed by atoms with Gasteiger partial charge in [0.1, 0.15) is 12.0 Å². The zero-order chi connectivity index (χ0) is 26.4. The average Bonchev–Trinajstić information content (AvgIpc) is 3.12. The minimum Gasteiger partial charge on any atom is -0.445 e. The highest BCUT2D eigenvalue weighted by Gasteiger charge is 2.56. The minimum atomic E-state index is -1.30. The highest BCUT2D eigenvalue weighted by molar-refractivity contribution is 6.32. The van der Waals surface area contributed by atoms with Crippen LogP contribution in [-0.4, -0.2) is 30.3 Å². The maximum Gasteiger partial charge on any atom is 0.407 e. The van der Waals surface area contributed by atoms with Gasteiger partial charge in [0.25, 0.3) is 5.91 Å². The Morgan fingerprint density at radius 3 is 2.49 bits per heavy atom. The molecule has 0 bridgehead atoms. The molecular formula is C28H29Cl2N3O4. The first kappa shape index (κ1) is 26.9. The van der Waals surface area contributed by atoms with Crippen molar-refractivity contribution >= 4 is 40.9 Å². The highest BCUT2D eigenvalue weighted by atomic mass is 35.5. The number of hydrazine groups is 1. The Morgan fingerprint density at radius 2 is 1.76 bits per heavy atom. The van der Waals surface area contributed by atoms with Gasteiger partial charge >= 0.3 is 6.09 Å². The van der Waals surface area contributed by atoms with Crippen molar-refractivity contribution < 1.29 is 19.4 Å². The van der Waals surface area contributed by atoms with Crippen molar-refractivity contribution in [1.29, 1.82) is 0 Å². The quantitative estimate of drug-likeness (QED) is 0.186. The lowest BCUT2D eigenvalue weighted by Crippen LogP contribution is -2.50. The number of aliphatic hydroxyl groups excluding tert-OH is 1. The molecule has 1 heterocycles. The molecule has 2 unspecified atom stereocenters. The Labute approximate surface area is 226 Å². The molecule has 4 rings (SSSR count). The summed E-state index contributed by atoms with van der Waals surface area (Å²) in [6.07, 6.45) is 1.24. The Morgan fingerprint density at radius 1 is 1.03 bits per heavy atom. The second-order valence-electron chi connectivity index (χ2n) is 8.99. The molecule has 3 aromatic rings. The molecule has 4 N–H and O–H groups in total. The van der Waals surface area contributed by atoms with Crippen LogP contribution in [0.25, 0.3) is 0 Å². The Balaban J connectivity index is 1.47. The molecule has 9 heteroatoms. The number of alkyl carbamates (subject to hydrolysis) is 1. The number of unbranched alkanes of at least 4 members (excludes halogenated alkanes) is 1. The normalized spacial score (nSPS) is 17.4. The fourth-order valence-electron chi connectivity index (χ4n) is 5.03. The van der Waals surface area contributed by atoms with Gasteiger partial charge in [-0.25, -0.2) is 15.6 Å². The van der Waals surface area contributed by atoms with Crippen molar-refractivity contribution in [3.8, 4) is 0 Å². The smallest absolute Gasteiger partial charge is 0.407 e. The van der Waals surface area contributed by atoms with Crippen molar-refractivity contribution in [2.45, 2.75) is 31.3 Å². The topological polar surface area (TPSA) is 105 Å². The molecular weight excluding hydrogens is 513 g/mol.